The number of nitrogens with one attached hydrogen (secondary N) is 2. The molecule has 0 fully saturated rings. The van der Waals surface area contributed by atoms with Gasteiger partial charge in [0.1, 0.15) is 24.1 Å². The molecule has 5 N–H and O–H groups in total. The molecule has 0 saturated heterocycles. The first-order valence-corrected chi connectivity index (χ1v) is 14.1. The van der Waals surface area contributed by atoms with Crippen molar-refractivity contribution in [2.75, 3.05) is 6.54 Å². The first-order valence-electron chi connectivity index (χ1n) is 14.1. The quantitative estimate of drug-likeness (QED) is 0.196. The molecule has 0 saturated carbocycles. The fourth-order valence-corrected chi connectivity index (χ4v) is 5.23. The van der Waals surface area contributed by atoms with Gasteiger partial charge < -0.3 is 34.8 Å². The molecule has 43 heavy (non-hydrogen) atoms. The number of benzene rings is 2. The van der Waals surface area contributed by atoms with Crippen molar-refractivity contribution in [3.05, 3.63) is 83.3 Å². The van der Waals surface area contributed by atoms with Crippen molar-refractivity contribution < 1.29 is 33.7 Å². The molecule has 0 bridgehead atoms. The van der Waals surface area contributed by atoms with Gasteiger partial charge >= 0.3 is 0 Å². The molecule has 5 rings (SSSR count). The number of carbonyl (C=O) groups excluding carboxylic acids is 2. The minimum atomic E-state index is -1.78. The molecule has 1 aliphatic rings. The van der Waals surface area contributed by atoms with Gasteiger partial charge in [0.25, 0.3) is 0 Å². The molecular weight excluding hydrogens is 552 g/mol. The van der Waals surface area contributed by atoms with Crippen LogP contribution in [0.2, 0.25) is 0 Å². The smallest absolute Gasteiger partial charge is 0.249 e. The van der Waals surface area contributed by atoms with Gasteiger partial charge in [-0.2, -0.15) is 0 Å². The van der Waals surface area contributed by atoms with Crippen LogP contribution in [0.3, 0.4) is 0 Å². The van der Waals surface area contributed by atoms with E-state index in [1.165, 1.54) is 6.26 Å². The zero-order valence-corrected chi connectivity index (χ0v) is 24.7. The van der Waals surface area contributed by atoms with Gasteiger partial charge in [0.05, 0.1) is 13.2 Å². The van der Waals surface area contributed by atoms with E-state index in [0.717, 1.165) is 11.1 Å². The van der Waals surface area contributed by atoms with E-state index >= 15 is 0 Å². The number of hydrogen-bond acceptors (Lipinski definition) is 9. The molecule has 0 aliphatic heterocycles. The first-order chi connectivity index (χ1) is 20.4. The molecule has 0 radical (unpaired) electrons. The van der Waals surface area contributed by atoms with Crippen LogP contribution in [0.25, 0.3) is 22.7 Å². The van der Waals surface area contributed by atoms with Crippen molar-refractivity contribution >= 4 is 11.8 Å². The summed E-state index contributed by atoms with van der Waals surface area (Å²) in [6, 6.07) is 14.1. The summed E-state index contributed by atoms with van der Waals surface area (Å²) in [7, 11) is 0. The highest BCUT2D eigenvalue weighted by molar-refractivity contribution is 5.87. The molecule has 2 amide bonds. The molecule has 226 valence electrons. The van der Waals surface area contributed by atoms with E-state index in [4.69, 9.17) is 13.8 Å². The Hall–Kier alpha value is -4.32. The first kappa shape index (κ1) is 30.1. The normalized spacial score (nSPS) is 15.1. The fourth-order valence-electron chi connectivity index (χ4n) is 5.23. The predicted octanol–water partition coefficient (Wildman–Crippen LogP) is 3.42. The van der Waals surface area contributed by atoms with Crippen LogP contribution in [0, 0.1) is 11.3 Å². The van der Waals surface area contributed by atoms with E-state index in [2.05, 4.69) is 15.6 Å². The molecule has 2 atom stereocenters. The standard InChI is InChI=1S/C32H36N4O7/c1-17(2)25(39)28(40)33-14-23(38)35-26(31(3,4)5)30-36-24(29-34-18(15-37)16-42-29)27(43-30)32(41)21-12-8-6-10-19(21)20-11-7-9-13-22(20)32/h6-13,16-17,25-26,37,39,41H,14-15H2,1-5H3,(H,33,40)(H,35,38)/t25-,26+/m0/s1. The number of aromatic nitrogens is 2. The number of hydrogen-bond donors (Lipinski definition) is 5. The van der Waals surface area contributed by atoms with Crippen molar-refractivity contribution in [2.45, 2.75) is 59.0 Å². The second kappa shape index (κ2) is 11.4. The summed E-state index contributed by atoms with van der Waals surface area (Å²) < 4.78 is 12.1. The van der Waals surface area contributed by atoms with Crippen LogP contribution >= 0.6 is 0 Å². The third-order valence-electron chi connectivity index (χ3n) is 7.55. The molecule has 2 aromatic heterocycles. The second-order valence-corrected chi connectivity index (χ2v) is 12.1. The minimum Gasteiger partial charge on any atom is -0.443 e. The highest BCUT2D eigenvalue weighted by Crippen LogP contribution is 2.53. The van der Waals surface area contributed by atoms with Gasteiger partial charge in [-0.15, -0.1) is 0 Å². The Morgan fingerprint density at radius 3 is 2.14 bits per heavy atom. The minimum absolute atomic E-state index is 0.0262. The topological polar surface area (TPSA) is 171 Å². The van der Waals surface area contributed by atoms with Crippen molar-refractivity contribution in [1.82, 2.24) is 20.6 Å². The Bertz CT molecular complexity index is 1600. The summed E-state index contributed by atoms with van der Waals surface area (Å²) in [6.07, 6.45) is 0.0521. The average Bonchev–Trinajstić information content (AvgIpc) is 3.70. The number of aliphatic hydroxyl groups excluding tert-OH is 2. The number of aliphatic hydroxyl groups is 3. The van der Waals surface area contributed by atoms with Crippen LogP contribution in [0.1, 0.15) is 69.1 Å². The Labute approximate surface area is 249 Å². The van der Waals surface area contributed by atoms with Crippen LogP contribution in [0.5, 0.6) is 0 Å². The summed E-state index contributed by atoms with van der Waals surface area (Å²) in [5, 5.41) is 37.6. The summed E-state index contributed by atoms with van der Waals surface area (Å²) >= 11 is 0. The Balaban J connectivity index is 1.60. The maximum Gasteiger partial charge on any atom is 0.249 e. The molecule has 0 unspecified atom stereocenters. The van der Waals surface area contributed by atoms with Gasteiger partial charge in [-0.25, -0.2) is 9.97 Å². The van der Waals surface area contributed by atoms with Gasteiger partial charge in [-0.3, -0.25) is 9.59 Å². The Morgan fingerprint density at radius 1 is 1.00 bits per heavy atom. The monoisotopic (exact) mass is 588 g/mol. The number of rotatable bonds is 9. The van der Waals surface area contributed by atoms with Crippen LogP contribution in [0.15, 0.2) is 63.6 Å². The molecule has 2 aromatic carbocycles. The lowest BCUT2D eigenvalue weighted by Crippen LogP contribution is -2.45. The van der Waals surface area contributed by atoms with Crippen LogP contribution < -0.4 is 10.6 Å². The molecule has 2 heterocycles. The van der Waals surface area contributed by atoms with E-state index < -0.39 is 35.0 Å². The summed E-state index contributed by atoms with van der Waals surface area (Å²) in [5.74, 6) is -1.34. The zero-order chi connectivity index (χ0) is 31.1. The van der Waals surface area contributed by atoms with Gasteiger partial charge in [-0.05, 0) is 22.5 Å². The number of nitrogens with zero attached hydrogens (tertiary/aromatic N) is 2. The lowest BCUT2D eigenvalue weighted by Gasteiger charge is -2.29. The van der Waals surface area contributed by atoms with E-state index in [9.17, 15) is 24.9 Å². The summed E-state index contributed by atoms with van der Waals surface area (Å²) in [6.45, 7) is 8.30. The van der Waals surface area contributed by atoms with Crippen molar-refractivity contribution in [2.24, 2.45) is 11.3 Å². The van der Waals surface area contributed by atoms with Crippen molar-refractivity contribution in [3.63, 3.8) is 0 Å². The molecule has 0 spiro atoms. The number of carbonyl (C=O) groups is 2. The second-order valence-electron chi connectivity index (χ2n) is 12.1. The van der Waals surface area contributed by atoms with Crippen LogP contribution in [-0.2, 0) is 21.8 Å². The van der Waals surface area contributed by atoms with Gasteiger partial charge in [0, 0.05) is 11.1 Å². The highest BCUT2D eigenvalue weighted by atomic mass is 16.4. The lowest BCUT2D eigenvalue weighted by atomic mass is 9.86. The Morgan fingerprint density at radius 2 is 1.60 bits per heavy atom. The van der Waals surface area contributed by atoms with Crippen molar-refractivity contribution in [1.29, 1.82) is 0 Å². The predicted molar refractivity (Wildman–Crippen MR) is 156 cm³/mol. The third kappa shape index (κ3) is 5.47. The lowest BCUT2D eigenvalue weighted by molar-refractivity contribution is -0.133. The van der Waals surface area contributed by atoms with Gasteiger partial charge in [-0.1, -0.05) is 83.1 Å². The highest BCUT2D eigenvalue weighted by Gasteiger charge is 2.49. The molecule has 1 aliphatic carbocycles. The maximum atomic E-state index is 13.0. The number of amides is 2. The van der Waals surface area contributed by atoms with Crippen LogP contribution in [0.4, 0.5) is 0 Å². The fraction of sp³-hybridized carbons (Fsp3) is 0.375. The largest absolute Gasteiger partial charge is 0.443 e. The third-order valence-corrected chi connectivity index (χ3v) is 7.55. The van der Waals surface area contributed by atoms with E-state index in [1.807, 2.05) is 69.3 Å². The number of oxazole rings is 2. The maximum absolute atomic E-state index is 13.0. The molecule has 11 heteroatoms. The SMILES string of the molecule is CC(C)[C@H](O)C(=O)NCC(=O)N[C@H](c1nc(-c2nc(CO)co2)c(C2(O)c3ccccc3-c3ccccc32)o1)C(C)(C)C. The Kier molecular flexibility index (Phi) is 7.99. The molecular formula is C32H36N4O7. The average molecular weight is 589 g/mol. The molecule has 11 nitrogen and oxygen atoms in total. The van der Waals surface area contributed by atoms with Crippen molar-refractivity contribution in [3.8, 4) is 22.7 Å². The number of fused-ring (bicyclic) bond motifs is 3. The molecule has 4 aromatic rings. The van der Waals surface area contributed by atoms with Gasteiger partial charge in [0.15, 0.2) is 17.1 Å². The van der Waals surface area contributed by atoms with Gasteiger partial charge in [0.2, 0.25) is 23.6 Å². The van der Waals surface area contributed by atoms with E-state index in [1.54, 1.807) is 13.8 Å². The summed E-state index contributed by atoms with van der Waals surface area (Å²) in [4.78, 5) is 34.3. The zero-order valence-electron chi connectivity index (χ0n) is 24.7. The van der Waals surface area contributed by atoms with E-state index in [0.29, 0.717) is 11.1 Å². The van der Waals surface area contributed by atoms with E-state index in [-0.39, 0.29) is 48.0 Å². The summed E-state index contributed by atoms with van der Waals surface area (Å²) in [5.41, 5.74) is 0.770. The van der Waals surface area contributed by atoms with Crippen LogP contribution in [-0.4, -0.2) is 49.8 Å².